The number of sulfonamides is 1. The summed E-state index contributed by atoms with van der Waals surface area (Å²) in [4.78, 5) is 4.40. The monoisotopic (exact) mass is 314 g/mol. The van der Waals surface area contributed by atoms with Crippen LogP contribution in [0.5, 0.6) is 0 Å². The molecule has 0 saturated heterocycles. The molecule has 0 aliphatic rings. The lowest BCUT2D eigenvalue weighted by Crippen LogP contribution is -2.31. The number of benzene rings is 1. The molecule has 0 aliphatic carbocycles. The second kappa shape index (κ2) is 6.51. The van der Waals surface area contributed by atoms with Gasteiger partial charge in [0.05, 0.1) is 16.5 Å². The predicted octanol–water partition coefficient (Wildman–Crippen LogP) is 2.49. The Labute approximate surface area is 123 Å². The summed E-state index contributed by atoms with van der Waals surface area (Å²) in [5, 5.41) is 0.519. The fourth-order valence-corrected chi connectivity index (χ4v) is 4.03. The molecular formula is C13H18N2O3S2. The Morgan fingerprint density at radius 2 is 2.10 bits per heavy atom. The van der Waals surface area contributed by atoms with E-state index in [1.165, 1.54) is 21.9 Å². The highest BCUT2D eigenvalue weighted by Gasteiger charge is 2.20. The highest BCUT2D eigenvalue weighted by molar-refractivity contribution is 7.92. The van der Waals surface area contributed by atoms with Crippen LogP contribution in [-0.2, 0) is 14.8 Å². The van der Waals surface area contributed by atoms with Crippen LogP contribution in [0.15, 0.2) is 24.3 Å². The largest absolute Gasteiger partial charge is 0.382 e. The lowest BCUT2D eigenvalue weighted by molar-refractivity contribution is 0.146. The zero-order valence-electron chi connectivity index (χ0n) is 11.6. The van der Waals surface area contributed by atoms with Gasteiger partial charge in [-0.25, -0.2) is 17.7 Å². The lowest BCUT2D eigenvalue weighted by atomic mass is 10.3. The summed E-state index contributed by atoms with van der Waals surface area (Å²) in [5.74, 6) is 0. The van der Waals surface area contributed by atoms with E-state index in [2.05, 4.69) is 4.98 Å². The Morgan fingerprint density at radius 3 is 2.75 bits per heavy atom. The van der Waals surface area contributed by atoms with Crippen molar-refractivity contribution in [3.05, 3.63) is 24.3 Å². The first-order chi connectivity index (χ1) is 9.52. The normalized spacial score (nSPS) is 11.9. The SMILES string of the molecule is CCOCCCN(c1nc2ccccc2s1)S(C)(=O)=O. The zero-order valence-corrected chi connectivity index (χ0v) is 13.2. The number of anilines is 1. The summed E-state index contributed by atoms with van der Waals surface area (Å²) in [6.45, 7) is 3.49. The number of hydrogen-bond donors (Lipinski definition) is 0. The van der Waals surface area contributed by atoms with Crippen LogP contribution in [0.2, 0.25) is 0 Å². The maximum Gasteiger partial charge on any atom is 0.234 e. The second-order valence-electron chi connectivity index (χ2n) is 4.35. The Hall–Kier alpha value is -1.18. The Balaban J connectivity index is 2.22. The Morgan fingerprint density at radius 1 is 1.35 bits per heavy atom. The van der Waals surface area contributed by atoms with Gasteiger partial charge in [-0.2, -0.15) is 0 Å². The summed E-state index contributed by atoms with van der Waals surface area (Å²) < 4.78 is 31.4. The molecule has 110 valence electrons. The van der Waals surface area contributed by atoms with Gasteiger partial charge >= 0.3 is 0 Å². The van der Waals surface area contributed by atoms with Crippen molar-refractivity contribution in [3.8, 4) is 0 Å². The number of fused-ring (bicyclic) bond motifs is 1. The molecule has 0 radical (unpaired) electrons. The third kappa shape index (κ3) is 3.68. The van der Waals surface area contributed by atoms with Gasteiger partial charge in [-0.1, -0.05) is 23.5 Å². The molecule has 1 heterocycles. The third-order valence-corrected chi connectivity index (χ3v) is 5.08. The van der Waals surface area contributed by atoms with Crippen LogP contribution >= 0.6 is 11.3 Å². The summed E-state index contributed by atoms with van der Waals surface area (Å²) in [7, 11) is -3.33. The molecule has 0 atom stereocenters. The fourth-order valence-electron chi connectivity index (χ4n) is 1.82. The molecule has 0 amide bonds. The minimum absolute atomic E-state index is 0.388. The van der Waals surface area contributed by atoms with E-state index < -0.39 is 10.0 Å². The molecule has 0 saturated carbocycles. The molecular weight excluding hydrogens is 296 g/mol. The van der Waals surface area contributed by atoms with Gasteiger partial charge in [0, 0.05) is 19.8 Å². The molecule has 0 N–H and O–H groups in total. The van der Waals surface area contributed by atoms with Crippen LogP contribution in [0.1, 0.15) is 13.3 Å². The summed E-state index contributed by atoms with van der Waals surface area (Å²) in [6.07, 6.45) is 1.86. The lowest BCUT2D eigenvalue weighted by Gasteiger charge is -2.18. The van der Waals surface area contributed by atoms with Crippen LogP contribution in [0.3, 0.4) is 0 Å². The van der Waals surface area contributed by atoms with E-state index in [1.54, 1.807) is 0 Å². The standard InChI is InChI=1S/C13H18N2O3S2/c1-3-18-10-6-9-15(20(2,16)17)13-14-11-7-4-5-8-12(11)19-13/h4-5,7-8H,3,6,9-10H2,1-2H3. The smallest absolute Gasteiger partial charge is 0.234 e. The highest BCUT2D eigenvalue weighted by atomic mass is 32.2. The first-order valence-corrected chi connectivity index (χ1v) is 9.10. The van der Waals surface area contributed by atoms with E-state index >= 15 is 0 Å². The van der Waals surface area contributed by atoms with Gasteiger partial charge in [0.1, 0.15) is 0 Å². The molecule has 2 aromatic rings. The van der Waals surface area contributed by atoms with E-state index in [1.807, 2.05) is 31.2 Å². The van der Waals surface area contributed by atoms with Gasteiger partial charge < -0.3 is 4.74 Å². The first-order valence-electron chi connectivity index (χ1n) is 6.43. The fraction of sp³-hybridized carbons (Fsp3) is 0.462. The number of aromatic nitrogens is 1. The molecule has 7 heteroatoms. The van der Waals surface area contributed by atoms with E-state index in [9.17, 15) is 8.42 Å². The number of rotatable bonds is 7. The minimum Gasteiger partial charge on any atom is -0.382 e. The maximum absolute atomic E-state index is 11.9. The molecule has 2 rings (SSSR count). The molecule has 1 aromatic carbocycles. The van der Waals surface area contributed by atoms with Crippen LogP contribution in [0.25, 0.3) is 10.2 Å². The molecule has 0 spiro atoms. The zero-order chi connectivity index (χ0) is 14.6. The van der Waals surface area contributed by atoms with Crippen molar-refractivity contribution in [2.75, 3.05) is 30.3 Å². The second-order valence-corrected chi connectivity index (χ2v) is 7.27. The van der Waals surface area contributed by atoms with Crippen molar-refractivity contribution in [1.82, 2.24) is 4.98 Å². The van der Waals surface area contributed by atoms with E-state index in [0.717, 1.165) is 10.2 Å². The highest BCUT2D eigenvalue weighted by Crippen LogP contribution is 2.29. The summed E-state index contributed by atoms with van der Waals surface area (Å²) in [5.41, 5.74) is 0.825. The van der Waals surface area contributed by atoms with Crippen LogP contribution in [-0.4, -0.2) is 39.4 Å². The van der Waals surface area contributed by atoms with Crippen molar-refractivity contribution in [1.29, 1.82) is 0 Å². The average molecular weight is 314 g/mol. The molecule has 0 aliphatic heterocycles. The molecule has 0 bridgehead atoms. The summed E-state index contributed by atoms with van der Waals surface area (Å²) in [6, 6.07) is 7.64. The van der Waals surface area contributed by atoms with Crippen molar-refractivity contribution < 1.29 is 13.2 Å². The minimum atomic E-state index is -3.33. The molecule has 0 unspecified atom stereocenters. The number of ether oxygens (including phenoxy) is 1. The van der Waals surface area contributed by atoms with Crippen molar-refractivity contribution in [3.63, 3.8) is 0 Å². The maximum atomic E-state index is 11.9. The number of hydrogen-bond acceptors (Lipinski definition) is 5. The quantitative estimate of drug-likeness (QED) is 0.737. The summed E-state index contributed by atoms with van der Waals surface area (Å²) >= 11 is 1.39. The van der Waals surface area contributed by atoms with Crippen LogP contribution in [0, 0.1) is 0 Å². The van der Waals surface area contributed by atoms with Gasteiger partial charge in [-0.05, 0) is 25.5 Å². The number of thiazole rings is 1. The van der Waals surface area contributed by atoms with Gasteiger partial charge in [0.15, 0.2) is 5.13 Å². The third-order valence-electron chi connectivity index (χ3n) is 2.75. The predicted molar refractivity (Wildman–Crippen MR) is 82.9 cm³/mol. The molecule has 1 aromatic heterocycles. The van der Waals surface area contributed by atoms with E-state index in [-0.39, 0.29) is 0 Å². The van der Waals surface area contributed by atoms with Crippen LogP contribution < -0.4 is 4.31 Å². The Bertz CT molecular complexity index is 634. The Kier molecular flexibility index (Phi) is 4.95. The molecule has 5 nitrogen and oxygen atoms in total. The van der Waals surface area contributed by atoms with Crippen molar-refractivity contribution in [2.45, 2.75) is 13.3 Å². The first kappa shape index (κ1) is 15.2. The topological polar surface area (TPSA) is 59.5 Å². The van der Waals surface area contributed by atoms with Gasteiger partial charge in [0.2, 0.25) is 10.0 Å². The van der Waals surface area contributed by atoms with Crippen LogP contribution in [0.4, 0.5) is 5.13 Å². The van der Waals surface area contributed by atoms with Gasteiger partial charge in [-0.3, -0.25) is 0 Å². The van der Waals surface area contributed by atoms with Gasteiger partial charge in [0.25, 0.3) is 0 Å². The van der Waals surface area contributed by atoms with Crippen molar-refractivity contribution >= 4 is 36.7 Å². The number of nitrogens with zero attached hydrogens (tertiary/aromatic N) is 2. The van der Waals surface area contributed by atoms with Crippen molar-refractivity contribution in [2.24, 2.45) is 0 Å². The van der Waals surface area contributed by atoms with E-state index in [0.29, 0.717) is 31.3 Å². The van der Waals surface area contributed by atoms with E-state index in [4.69, 9.17) is 4.74 Å². The molecule has 20 heavy (non-hydrogen) atoms. The van der Waals surface area contributed by atoms with Gasteiger partial charge in [-0.15, -0.1) is 0 Å². The molecule has 0 fully saturated rings. The number of para-hydroxylation sites is 1. The average Bonchev–Trinajstić information content (AvgIpc) is 2.80.